The fourth-order valence-electron chi connectivity index (χ4n) is 3.78. The van der Waals surface area contributed by atoms with Crippen LogP contribution in [-0.2, 0) is 6.54 Å². The molecule has 0 aliphatic rings. The van der Waals surface area contributed by atoms with E-state index >= 15 is 0 Å². The first-order chi connectivity index (χ1) is 16.6. The van der Waals surface area contributed by atoms with Crippen LogP contribution in [0.25, 0.3) is 28.0 Å². The highest BCUT2D eigenvalue weighted by atomic mass is 16.2. The molecule has 3 heterocycles. The van der Waals surface area contributed by atoms with Gasteiger partial charge in [0, 0.05) is 56.3 Å². The zero-order valence-corrected chi connectivity index (χ0v) is 19.0. The Bertz CT molecular complexity index is 1420. The number of hydrogen-bond acceptors (Lipinski definition) is 5. The van der Waals surface area contributed by atoms with Gasteiger partial charge in [-0.05, 0) is 34.9 Å². The molecule has 5 aromatic rings. The van der Waals surface area contributed by atoms with E-state index in [1.54, 1.807) is 35.9 Å². The molecule has 0 saturated heterocycles. The molecule has 168 valence electrons. The van der Waals surface area contributed by atoms with Gasteiger partial charge in [-0.25, -0.2) is 4.98 Å². The van der Waals surface area contributed by atoms with Crippen molar-refractivity contribution in [2.24, 2.45) is 0 Å². The summed E-state index contributed by atoms with van der Waals surface area (Å²) in [5.41, 5.74) is 6.54. The van der Waals surface area contributed by atoms with Gasteiger partial charge in [0.15, 0.2) is 5.65 Å². The summed E-state index contributed by atoms with van der Waals surface area (Å²) < 4.78 is 1.80. The van der Waals surface area contributed by atoms with Crippen molar-refractivity contribution in [2.75, 3.05) is 19.4 Å². The van der Waals surface area contributed by atoms with Crippen LogP contribution in [0.1, 0.15) is 15.9 Å². The zero-order chi connectivity index (χ0) is 23.5. The Labute approximate surface area is 197 Å². The van der Waals surface area contributed by atoms with Crippen molar-refractivity contribution in [1.82, 2.24) is 24.5 Å². The van der Waals surface area contributed by atoms with Crippen LogP contribution in [0.2, 0.25) is 0 Å². The van der Waals surface area contributed by atoms with E-state index < -0.39 is 0 Å². The fourth-order valence-corrected chi connectivity index (χ4v) is 3.78. The summed E-state index contributed by atoms with van der Waals surface area (Å²) in [5.74, 6) is 0.857. The van der Waals surface area contributed by atoms with Crippen LogP contribution in [-0.4, -0.2) is 44.5 Å². The zero-order valence-electron chi connectivity index (χ0n) is 19.0. The van der Waals surface area contributed by atoms with Gasteiger partial charge in [-0.1, -0.05) is 42.5 Å². The van der Waals surface area contributed by atoms with Crippen LogP contribution >= 0.6 is 0 Å². The smallest absolute Gasteiger partial charge is 0.253 e. The van der Waals surface area contributed by atoms with E-state index in [9.17, 15) is 4.79 Å². The lowest BCUT2D eigenvalue weighted by Gasteiger charge is -2.12. The van der Waals surface area contributed by atoms with Gasteiger partial charge in [0.1, 0.15) is 5.82 Å². The predicted octanol–water partition coefficient (Wildman–Crippen LogP) is 4.77. The third kappa shape index (κ3) is 4.36. The van der Waals surface area contributed by atoms with E-state index in [1.807, 2.05) is 54.7 Å². The summed E-state index contributed by atoms with van der Waals surface area (Å²) in [6.45, 7) is 0.636. The predicted molar refractivity (Wildman–Crippen MR) is 133 cm³/mol. The number of aromatic nitrogens is 4. The van der Waals surface area contributed by atoms with Crippen LogP contribution in [0, 0.1) is 0 Å². The van der Waals surface area contributed by atoms with Crippen LogP contribution < -0.4 is 5.32 Å². The van der Waals surface area contributed by atoms with Crippen LogP contribution in [0.4, 0.5) is 5.82 Å². The molecule has 0 unspecified atom stereocenters. The van der Waals surface area contributed by atoms with Crippen LogP contribution in [0.15, 0.2) is 91.4 Å². The lowest BCUT2D eigenvalue weighted by Crippen LogP contribution is -2.21. The number of fused-ring (bicyclic) bond motifs is 1. The molecule has 5 rings (SSSR count). The fraction of sp³-hybridized carbons (Fsp3) is 0.111. The first kappa shape index (κ1) is 21.3. The summed E-state index contributed by atoms with van der Waals surface area (Å²) in [6.07, 6.45) is 5.35. The topological polar surface area (TPSA) is 75.4 Å². The molecule has 0 bridgehead atoms. The summed E-state index contributed by atoms with van der Waals surface area (Å²) in [5, 5.41) is 7.85. The average molecular weight is 449 g/mol. The Morgan fingerprint density at radius 2 is 1.62 bits per heavy atom. The molecule has 0 fully saturated rings. The van der Waals surface area contributed by atoms with Crippen molar-refractivity contribution in [3.8, 4) is 22.4 Å². The van der Waals surface area contributed by atoms with Gasteiger partial charge in [0.25, 0.3) is 5.91 Å². The number of rotatable bonds is 6. The summed E-state index contributed by atoms with van der Waals surface area (Å²) in [7, 11) is 3.51. The number of nitrogens with zero attached hydrogens (tertiary/aromatic N) is 5. The van der Waals surface area contributed by atoms with Crippen molar-refractivity contribution in [3.63, 3.8) is 0 Å². The molecule has 0 saturated carbocycles. The first-order valence-corrected chi connectivity index (χ1v) is 11.0. The SMILES string of the molecule is CN(C)C(=O)c1ccc(-c2ccc(-c3cc(NCc4cccnc4)n4nccc4n3)cc2)cc1. The van der Waals surface area contributed by atoms with E-state index in [1.165, 1.54) is 0 Å². The summed E-state index contributed by atoms with van der Waals surface area (Å²) in [6, 6.07) is 23.8. The number of benzene rings is 2. The van der Waals surface area contributed by atoms with E-state index in [-0.39, 0.29) is 5.91 Å². The van der Waals surface area contributed by atoms with E-state index in [0.29, 0.717) is 12.1 Å². The van der Waals surface area contributed by atoms with Crippen molar-refractivity contribution >= 4 is 17.4 Å². The Morgan fingerprint density at radius 1 is 0.912 bits per heavy atom. The molecule has 7 nitrogen and oxygen atoms in total. The van der Waals surface area contributed by atoms with Gasteiger partial charge in [-0.15, -0.1) is 0 Å². The van der Waals surface area contributed by atoms with Gasteiger partial charge in [-0.2, -0.15) is 9.61 Å². The van der Waals surface area contributed by atoms with Crippen LogP contribution in [0.3, 0.4) is 0 Å². The molecule has 1 N–H and O–H groups in total. The second-order valence-corrected chi connectivity index (χ2v) is 8.20. The summed E-state index contributed by atoms with van der Waals surface area (Å²) >= 11 is 0. The second kappa shape index (κ2) is 9.15. The maximum atomic E-state index is 12.1. The molecule has 1 amide bonds. The van der Waals surface area contributed by atoms with Gasteiger partial charge < -0.3 is 10.2 Å². The van der Waals surface area contributed by atoms with Crippen molar-refractivity contribution in [2.45, 2.75) is 6.54 Å². The Hall–Kier alpha value is -4.52. The standard InChI is InChI=1S/C27H24N6O/c1-32(2)27(34)23-11-7-21(8-12-23)20-5-9-22(10-6-20)24-16-26(33-25(31-24)13-15-30-33)29-18-19-4-3-14-28-17-19/h3-17,29H,18H2,1-2H3. The number of hydrogen-bond donors (Lipinski definition) is 1. The molecule has 0 spiro atoms. The minimum atomic E-state index is -0.00354. The third-order valence-electron chi connectivity index (χ3n) is 5.61. The second-order valence-electron chi connectivity index (χ2n) is 8.20. The molecular weight excluding hydrogens is 424 g/mol. The number of pyridine rings is 1. The third-order valence-corrected chi connectivity index (χ3v) is 5.61. The van der Waals surface area contributed by atoms with Gasteiger partial charge >= 0.3 is 0 Å². The lowest BCUT2D eigenvalue weighted by atomic mass is 10.0. The molecule has 3 aromatic heterocycles. The van der Waals surface area contributed by atoms with Crippen molar-refractivity contribution < 1.29 is 4.79 Å². The lowest BCUT2D eigenvalue weighted by molar-refractivity contribution is 0.0827. The molecule has 34 heavy (non-hydrogen) atoms. The molecule has 0 atom stereocenters. The summed E-state index contributed by atoms with van der Waals surface area (Å²) in [4.78, 5) is 22.7. The largest absolute Gasteiger partial charge is 0.366 e. The monoisotopic (exact) mass is 448 g/mol. The minimum Gasteiger partial charge on any atom is -0.366 e. The first-order valence-electron chi connectivity index (χ1n) is 11.0. The highest BCUT2D eigenvalue weighted by Crippen LogP contribution is 2.26. The highest BCUT2D eigenvalue weighted by Gasteiger charge is 2.10. The molecule has 7 heteroatoms. The molecular formula is C27H24N6O. The maximum absolute atomic E-state index is 12.1. The Kier molecular flexibility index (Phi) is 5.74. The van der Waals surface area contributed by atoms with Gasteiger partial charge in [0.05, 0.1) is 11.9 Å². The number of anilines is 1. The quantitative estimate of drug-likeness (QED) is 0.405. The maximum Gasteiger partial charge on any atom is 0.253 e. The number of carbonyl (C=O) groups is 1. The normalized spacial score (nSPS) is 10.9. The average Bonchev–Trinajstić information content (AvgIpc) is 3.36. The molecule has 2 aromatic carbocycles. The molecule has 0 radical (unpaired) electrons. The van der Waals surface area contributed by atoms with E-state index in [0.717, 1.165) is 39.4 Å². The number of amides is 1. The molecule has 0 aliphatic heterocycles. The number of nitrogens with one attached hydrogen (secondary N) is 1. The highest BCUT2D eigenvalue weighted by molar-refractivity contribution is 5.94. The van der Waals surface area contributed by atoms with E-state index in [2.05, 4.69) is 39.7 Å². The number of carbonyl (C=O) groups excluding carboxylic acids is 1. The Morgan fingerprint density at radius 3 is 2.29 bits per heavy atom. The van der Waals surface area contributed by atoms with Crippen molar-refractivity contribution in [3.05, 3.63) is 103 Å². The van der Waals surface area contributed by atoms with Crippen LogP contribution in [0.5, 0.6) is 0 Å². The van der Waals surface area contributed by atoms with Gasteiger partial charge in [0.2, 0.25) is 0 Å². The Balaban J connectivity index is 1.40. The van der Waals surface area contributed by atoms with Crippen molar-refractivity contribution in [1.29, 1.82) is 0 Å². The van der Waals surface area contributed by atoms with E-state index in [4.69, 9.17) is 4.98 Å². The van der Waals surface area contributed by atoms with Gasteiger partial charge in [-0.3, -0.25) is 9.78 Å². The molecule has 0 aliphatic carbocycles. The minimum absolute atomic E-state index is 0.00354.